The fraction of sp³-hybridized carbons (Fsp3) is 0.875. The third-order valence-corrected chi connectivity index (χ3v) is 7.23. The average molecular weight is 340 g/mol. The molecule has 1 heterocycles. The molecule has 5 rings (SSSR count). The highest BCUT2D eigenvalue weighted by atomic mass is 32.2. The van der Waals surface area contributed by atoms with Gasteiger partial charge in [0.25, 0.3) is 0 Å². The third-order valence-electron chi connectivity index (χ3n) is 6.27. The van der Waals surface area contributed by atoms with Gasteiger partial charge in [0, 0.05) is 17.7 Å². The molecule has 128 valence electrons. The number of nitrogens with zero attached hydrogens (tertiary/aromatic N) is 1. The predicted octanol–water partition coefficient (Wildman–Crippen LogP) is 1.49. The maximum Gasteiger partial charge on any atom is 0.405 e. The number of hydrogen-bond donors (Lipinski definition) is 3. The molecule has 0 aromatic heterocycles. The second kappa shape index (κ2) is 5.28. The lowest BCUT2D eigenvalue weighted by atomic mass is 9.46. The molecule has 3 N–H and O–H groups in total. The largest absolute Gasteiger partial charge is 0.465 e. The Hall–Kier alpha value is -0.950. The molecule has 4 saturated carbocycles. The van der Waals surface area contributed by atoms with E-state index in [9.17, 15) is 19.8 Å². The van der Waals surface area contributed by atoms with E-state index in [4.69, 9.17) is 0 Å². The van der Waals surface area contributed by atoms with E-state index in [2.05, 4.69) is 5.32 Å². The first-order valence-corrected chi connectivity index (χ1v) is 9.63. The summed E-state index contributed by atoms with van der Waals surface area (Å²) in [6.07, 6.45) is 3.91. The Bertz CT molecular complexity index is 520. The zero-order valence-corrected chi connectivity index (χ0v) is 14.0. The van der Waals surface area contributed by atoms with Crippen LogP contribution in [0.5, 0.6) is 0 Å². The number of carboxylic acid groups (broad SMARTS) is 1. The first-order chi connectivity index (χ1) is 10.9. The highest BCUT2D eigenvalue weighted by Crippen LogP contribution is 2.63. The number of rotatable bonds is 3. The topological polar surface area (TPSA) is 89.9 Å². The fourth-order valence-corrected chi connectivity index (χ4v) is 6.95. The standard InChI is InChI=1S/C16H24N2O4S/c19-13(18-1-2-23-9-18)12(17-14(20)21)15-4-10-3-11(5-15)7-16(22,6-10)8-15/h10-12,17,22H,1-9H2,(H,20,21). The average Bonchev–Trinajstić information content (AvgIpc) is 2.95. The molecular formula is C16H24N2O4S. The molecule has 2 amide bonds. The zero-order chi connectivity index (χ0) is 16.2. The van der Waals surface area contributed by atoms with Gasteiger partial charge in [0.2, 0.25) is 5.91 Å². The van der Waals surface area contributed by atoms with Crippen LogP contribution < -0.4 is 5.32 Å². The van der Waals surface area contributed by atoms with Crippen molar-refractivity contribution in [3.05, 3.63) is 0 Å². The van der Waals surface area contributed by atoms with E-state index in [-0.39, 0.29) is 5.91 Å². The number of aliphatic hydroxyl groups is 1. The number of thioether (sulfide) groups is 1. The summed E-state index contributed by atoms with van der Waals surface area (Å²) in [5.74, 6) is 2.32. The molecule has 0 aromatic rings. The summed E-state index contributed by atoms with van der Waals surface area (Å²) in [6.45, 7) is 0.689. The van der Waals surface area contributed by atoms with Crippen LogP contribution in [0.25, 0.3) is 0 Å². The highest BCUT2D eigenvalue weighted by Gasteiger charge is 2.61. The van der Waals surface area contributed by atoms with Crippen molar-refractivity contribution in [3.63, 3.8) is 0 Å². The SMILES string of the molecule is O=C(O)NC(C(=O)N1CCSC1)C12CC3CC(CC(O)(C3)C1)C2. The van der Waals surface area contributed by atoms with Gasteiger partial charge in [-0.2, -0.15) is 0 Å². The summed E-state index contributed by atoms with van der Waals surface area (Å²) in [5.41, 5.74) is -1.09. The lowest BCUT2D eigenvalue weighted by Gasteiger charge is -2.62. The van der Waals surface area contributed by atoms with Gasteiger partial charge >= 0.3 is 6.09 Å². The smallest absolute Gasteiger partial charge is 0.405 e. The molecule has 4 aliphatic carbocycles. The lowest BCUT2D eigenvalue weighted by molar-refractivity contribution is -0.179. The van der Waals surface area contributed by atoms with Gasteiger partial charge in [-0.15, -0.1) is 11.8 Å². The first-order valence-electron chi connectivity index (χ1n) is 8.48. The maximum atomic E-state index is 13.0. The van der Waals surface area contributed by atoms with Gasteiger partial charge in [-0.05, 0) is 50.4 Å². The summed E-state index contributed by atoms with van der Waals surface area (Å²) in [4.78, 5) is 26.1. The molecule has 1 saturated heterocycles. The first kappa shape index (κ1) is 15.6. The van der Waals surface area contributed by atoms with Gasteiger partial charge in [-0.25, -0.2) is 4.79 Å². The van der Waals surface area contributed by atoms with E-state index in [1.54, 1.807) is 16.7 Å². The molecule has 1 aliphatic heterocycles. The number of amides is 2. The van der Waals surface area contributed by atoms with Crippen LogP contribution in [-0.4, -0.2) is 56.9 Å². The van der Waals surface area contributed by atoms with Crippen LogP contribution in [0.2, 0.25) is 0 Å². The van der Waals surface area contributed by atoms with Gasteiger partial charge in [0.1, 0.15) is 6.04 Å². The lowest BCUT2D eigenvalue weighted by Crippen LogP contribution is -2.65. The van der Waals surface area contributed by atoms with Crippen molar-refractivity contribution in [2.24, 2.45) is 17.3 Å². The van der Waals surface area contributed by atoms with E-state index >= 15 is 0 Å². The van der Waals surface area contributed by atoms with E-state index < -0.39 is 23.2 Å². The molecule has 3 atom stereocenters. The Balaban J connectivity index is 1.65. The van der Waals surface area contributed by atoms with Gasteiger partial charge in [-0.1, -0.05) is 0 Å². The minimum atomic E-state index is -1.14. The maximum absolute atomic E-state index is 13.0. The van der Waals surface area contributed by atoms with Crippen molar-refractivity contribution in [3.8, 4) is 0 Å². The normalized spacial score (nSPS) is 42.7. The fourth-order valence-electron chi connectivity index (χ4n) is 5.99. The van der Waals surface area contributed by atoms with Crippen LogP contribution >= 0.6 is 11.8 Å². The molecule has 0 spiro atoms. The molecule has 5 fully saturated rings. The predicted molar refractivity (Wildman–Crippen MR) is 86.1 cm³/mol. The molecule has 0 radical (unpaired) electrons. The molecule has 4 bridgehead atoms. The van der Waals surface area contributed by atoms with Crippen molar-refractivity contribution >= 4 is 23.8 Å². The number of nitrogens with one attached hydrogen (secondary N) is 1. The molecule has 0 aromatic carbocycles. The van der Waals surface area contributed by atoms with Gasteiger partial charge in [0.15, 0.2) is 0 Å². The summed E-state index contributed by atoms with van der Waals surface area (Å²) >= 11 is 1.70. The van der Waals surface area contributed by atoms with Crippen LogP contribution in [0.15, 0.2) is 0 Å². The van der Waals surface area contributed by atoms with Gasteiger partial charge in [-0.3, -0.25) is 4.79 Å². The van der Waals surface area contributed by atoms with E-state index in [0.29, 0.717) is 30.7 Å². The second-order valence-corrected chi connectivity index (χ2v) is 9.14. The summed E-state index contributed by atoms with van der Waals surface area (Å²) in [6, 6.07) is -0.712. The summed E-state index contributed by atoms with van der Waals surface area (Å²) < 4.78 is 0. The summed E-state index contributed by atoms with van der Waals surface area (Å²) in [7, 11) is 0. The van der Waals surface area contributed by atoms with E-state index in [0.717, 1.165) is 37.9 Å². The third kappa shape index (κ3) is 2.61. The minimum Gasteiger partial charge on any atom is -0.465 e. The molecule has 6 nitrogen and oxygen atoms in total. The summed E-state index contributed by atoms with van der Waals surface area (Å²) in [5, 5.41) is 22.7. The van der Waals surface area contributed by atoms with Crippen molar-refractivity contribution in [1.82, 2.24) is 10.2 Å². The van der Waals surface area contributed by atoms with Crippen LogP contribution in [-0.2, 0) is 4.79 Å². The van der Waals surface area contributed by atoms with Crippen LogP contribution in [0.3, 0.4) is 0 Å². The van der Waals surface area contributed by atoms with Gasteiger partial charge < -0.3 is 20.4 Å². The zero-order valence-electron chi connectivity index (χ0n) is 13.2. The highest BCUT2D eigenvalue weighted by molar-refractivity contribution is 7.99. The number of hydrogen-bond acceptors (Lipinski definition) is 4. The Morgan fingerprint density at radius 3 is 2.43 bits per heavy atom. The van der Waals surface area contributed by atoms with Crippen molar-refractivity contribution in [2.45, 2.75) is 50.2 Å². The van der Waals surface area contributed by atoms with Crippen LogP contribution in [0.1, 0.15) is 38.5 Å². The molecule has 3 unspecified atom stereocenters. The monoisotopic (exact) mass is 340 g/mol. The molecule has 5 aliphatic rings. The molecule has 7 heteroatoms. The van der Waals surface area contributed by atoms with Crippen LogP contribution in [0.4, 0.5) is 4.79 Å². The van der Waals surface area contributed by atoms with Gasteiger partial charge in [0.05, 0.1) is 11.5 Å². The minimum absolute atomic E-state index is 0.0945. The second-order valence-electron chi connectivity index (χ2n) is 8.07. The van der Waals surface area contributed by atoms with Crippen LogP contribution in [0, 0.1) is 17.3 Å². The van der Waals surface area contributed by atoms with Crippen molar-refractivity contribution < 1.29 is 19.8 Å². The Morgan fingerprint density at radius 1 is 1.22 bits per heavy atom. The Labute approximate surface area is 140 Å². The van der Waals surface area contributed by atoms with E-state index in [1.807, 2.05) is 0 Å². The van der Waals surface area contributed by atoms with Crippen molar-refractivity contribution in [1.29, 1.82) is 0 Å². The van der Waals surface area contributed by atoms with Crippen molar-refractivity contribution in [2.75, 3.05) is 18.2 Å². The molecule has 23 heavy (non-hydrogen) atoms. The Morgan fingerprint density at radius 2 is 1.91 bits per heavy atom. The number of carbonyl (C=O) groups excluding carboxylic acids is 1. The quantitative estimate of drug-likeness (QED) is 0.724. The van der Waals surface area contributed by atoms with E-state index in [1.165, 1.54) is 0 Å². The number of carbonyl (C=O) groups is 2. The molecular weight excluding hydrogens is 316 g/mol. The Kier molecular flexibility index (Phi) is 3.57.